The fourth-order valence-corrected chi connectivity index (χ4v) is 3.37. The molecule has 3 nitrogen and oxygen atoms in total. The van der Waals surface area contributed by atoms with Gasteiger partial charge in [-0.05, 0) is 22.3 Å². The molecule has 0 radical (unpaired) electrons. The van der Waals surface area contributed by atoms with Crippen LogP contribution in [0.1, 0.15) is 10.4 Å². The van der Waals surface area contributed by atoms with Crippen LogP contribution in [0.5, 0.6) is 0 Å². The summed E-state index contributed by atoms with van der Waals surface area (Å²) in [6, 6.07) is 25.9. The monoisotopic (exact) mass is 335 g/mol. The van der Waals surface area contributed by atoms with Crippen molar-refractivity contribution in [2.75, 3.05) is 6.61 Å². The van der Waals surface area contributed by atoms with E-state index in [2.05, 4.69) is 0 Å². The lowest BCUT2D eigenvalue weighted by atomic mass is 10.1. The molecule has 0 fully saturated rings. The summed E-state index contributed by atoms with van der Waals surface area (Å²) in [6.45, 7) is -0.206. The smallest absolute Gasteiger partial charge is 0.291 e. The first kappa shape index (κ1) is 16.3. The SMILES string of the molecule is O=C(CO[P+](=O)c1ccccc1-c1ccccc1)c1ccccc1. The molecule has 24 heavy (non-hydrogen) atoms. The van der Waals surface area contributed by atoms with Crippen LogP contribution in [0.4, 0.5) is 0 Å². The van der Waals surface area contributed by atoms with Crippen LogP contribution in [0, 0.1) is 0 Å². The third-order valence-electron chi connectivity index (χ3n) is 3.59. The predicted octanol–water partition coefficient (Wildman–Crippen LogP) is 4.62. The minimum Gasteiger partial charge on any atom is -0.291 e. The van der Waals surface area contributed by atoms with E-state index in [0.717, 1.165) is 11.1 Å². The number of benzene rings is 3. The molecule has 0 N–H and O–H groups in total. The van der Waals surface area contributed by atoms with Crippen LogP contribution in [-0.2, 0) is 9.09 Å². The second-order valence-electron chi connectivity index (χ2n) is 5.20. The normalized spacial score (nSPS) is 11.1. The van der Waals surface area contributed by atoms with Crippen LogP contribution >= 0.6 is 8.03 Å². The lowest BCUT2D eigenvalue weighted by Gasteiger charge is -2.01. The first-order valence-corrected chi connectivity index (χ1v) is 8.76. The quantitative estimate of drug-likeness (QED) is 0.488. The highest BCUT2D eigenvalue weighted by atomic mass is 31.1. The summed E-state index contributed by atoms with van der Waals surface area (Å²) in [5, 5.41) is 0.597. The van der Waals surface area contributed by atoms with Crippen LogP contribution < -0.4 is 5.30 Å². The molecule has 0 bridgehead atoms. The van der Waals surface area contributed by atoms with E-state index in [1.165, 1.54) is 0 Å². The van der Waals surface area contributed by atoms with Crippen molar-refractivity contribution < 1.29 is 13.9 Å². The first-order valence-electron chi connectivity index (χ1n) is 7.58. The van der Waals surface area contributed by atoms with Crippen molar-refractivity contribution in [3.05, 3.63) is 90.5 Å². The Bertz CT molecular complexity index is 845. The van der Waals surface area contributed by atoms with Gasteiger partial charge in [0.15, 0.2) is 12.4 Å². The van der Waals surface area contributed by atoms with Gasteiger partial charge in [0.05, 0.1) is 0 Å². The van der Waals surface area contributed by atoms with Gasteiger partial charge in [0, 0.05) is 11.1 Å². The van der Waals surface area contributed by atoms with Gasteiger partial charge in [-0.1, -0.05) is 72.8 Å². The van der Waals surface area contributed by atoms with Gasteiger partial charge in [-0.2, -0.15) is 0 Å². The summed E-state index contributed by atoms with van der Waals surface area (Å²) in [4.78, 5) is 12.1. The Balaban J connectivity index is 1.76. The van der Waals surface area contributed by atoms with Crippen molar-refractivity contribution in [3.8, 4) is 11.1 Å². The van der Waals surface area contributed by atoms with Crippen molar-refractivity contribution in [2.45, 2.75) is 0 Å². The molecule has 0 saturated carbocycles. The van der Waals surface area contributed by atoms with Gasteiger partial charge >= 0.3 is 8.03 Å². The summed E-state index contributed by atoms with van der Waals surface area (Å²) in [5.41, 5.74) is 2.37. The van der Waals surface area contributed by atoms with E-state index in [1.807, 2.05) is 54.6 Å². The maximum absolute atomic E-state index is 12.5. The average Bonchev–Trinajstić information content (AvgIpc) is 2.67. The number of rotatable bonds is 6. The Hall–Kier alpha value is -2.61. The zero-order chi connectivity index (χ0) is 16.8. The van der Waals surface area contributed by atoms with Crippen LogP contribution in [0.25, 0.3) is 11.1 Å². The van der Waals surface area contributed by atoms with Gasteiger partial charge in [0.1, 0.15) is 0 Å². The van der Waals surface area contributed by atoms with Crippen LogP contribution in [0.2, 0.25) is 0 Å². The fraction of sp³-hybridized carbons (Fsp3) is 0.0500. The number of hydrogen-bond acceptors (Lipinski definition) is 3. The summed E-state index contributed by atoms with van der Waals surface area (Å²) >= 11 is 0. The van der Waals surface area contributed by atoms with Crippen LogP contribution in [-0.4, -0.2) is 12.4 Å². The molecule has 0 saturated heterocycles. The zero-order valence-electron chi connectivity index (χ0n) is 13.0. The number of carbonyl (C=O) groups is 1. The third kappa shape index (κ3) is 3.83. The Kier molecular flexibility index (Phi) is 5.27. The van der Waals surface area contributed by atoms with Crippen molar-refractivity contribution >= 4 is 19.1 Å². The van der Waals surface area contributed by atoms with E-state index >= 15 is 0 Å². The molecule has 0 aliphatic rings. The highest BCUT2D eigenvalue weighted by Crippen LogP contribution is 2.29. The van der Waals surface area contributed by atoms with Gasteiger partial charge in [-0.3, -0.25) is 4.79 Å². The lowest BCUT2D eigenvalue weighted by Crippen LogP contribution is -2.09. The number of carbonyl (C=O) groups excluding carboxylic acids is 1. The fourth-order valence-electron chi connectivity index (χ4n) is 2.39. The van der Waals surface area contributed by atoms with Crippen LogP contribution in [0.3, 0.4) is 0 Å². The van der Waals surface area contributed by atoms with Crippen molar-refractivity contribution in [1.82, 2.24) is 0 Å². The molecule has 118 valence electrons. The highest BCUT2D eigenvalue weighted by molar-refractivity contribution is 7.48. The van der Waals surface area contributed by atoms with E-state index in [4.69, 9.17) is 4.52 Å². The molecular formula is C20H16O3P+. The predicted molar refractivity (Wildman–Crippen MR) is 95.8 cm³/mol. The maximum atomic E-state index is 12.5. The van der Waals surface area contributed by atoms with Crippen molar-refractivity contribution in [2.24, 2.45) is 0 Å². The van der Waals surface area contributed by atoms with Gasteiger partial charge in [0.2, 0.25) is 5.30 Å². The summed E-state index contributed by atoms with van der Waals surface area (Å²) < 4.78 is 17.9. The standard InChI is InChI=1S/C20H16O3P/c21-19(17-11-5-2-6-12-17)15-23-24(22)20-14-8-7-13-18(20)16-9-3-1-4-10-16/h1-14H,15H2/q+1. The number of hydrogen-bond donors (Lipinski definition) is 0. The second-order valence-corrected chi connectivity index (χ2v) is 6.46. The first-order chi connectivity index (χ1) is 11.8. The molecule has 3 rings (SSSR count). The molecule has 1 unspecified atom stereocenters. The molecular weight excluding hydrogens is 319 g/mol. The minimum absolute atomic E-state index is 0.184. The lowest BCUT2D eigenvalue weighted by molar-refractivity contribution is 0.0928. The minimum atomic E-state index is -2.11. The Morgan fingerprint density at radius 2 is 1.38 bits per heavy atom. The summed E-state index contributed by atoms with van der Waals surface area (Å²) in [5.74, 6) is -0.184. The highest BCUT2D eigenvalue weighted by Gasteiger charge is 2.28. The van der Waals surface area contributed by atoms with Crippen molar-refractivity contribution in [1.29, 1.82) is 0 Å². The summed E-state index contributed by atoms with van der Waals surface area (Å²) in [6.07, 6.45) is 0. The Morgan fingerprint density at radius 1 is 0.792 bits per heavy atom. The molecule has 4 heteroatoms. The Morgan fingerprint density at radius 3 is 2.08 bits per heavy atom. The molecule has 0 aromatic heterocycles. The van der Waals surface area contributed by atoms with E-state index in [-0.39, 0.29) is 12.4 Å². The third-order valence-corrected chi connectivity index (χ3v) is 4.74. The van der Waals surface area contributed by atoms with E-state index in [0.29, 0.717) is 10.9 Å². The second kappa shape index (κ2) is 7.78. The van der Waals surface area contributed by atoms with Crippen molar-refractivity contribution in [3.63, 3.8) is 0 Å². The molecule has 0 aliphatic carbocycles. The molecule has 3 aromatic carbocycles. The van der Waals surface area contributed by atoms with Gasteiger partial charge in [0.25, 0.3) is 0 Å². The van der Waals surface area contributed by atoms with E-state index in [1.54, 1.807) is 30.3 Å². The number of Topliss-reactive ketones (excluding diaryl/α,β-unsaturated/α-hetero) is 1. The molecule has 1 atom stereocenters. The van der Waals surface area contributed by atoms with Gasteiger partial charge in [-0.15, -0.1) is 4.52 Å². The van der Waals surface area contributed by atoms with Gasteiger partial charge < -0.3 is 0 Å². The average molecular weight is 335 g/mol. The van der Waals surface area contributed by atoms with Gasteiger partial charge in [-0.25, -0.2) is 0 Å². The van der Waals surface area contributed by atoms with Crippen LogP contribution in [0.15, 0.2) is 84.9 Å². The number of ketones is 1. The Labute approximate surface area is 141 Å². The van der Waals surface area contributed by atoms with E-state index < -0.39 is 8.03 Å². The topological polar surface area (TPSA) is 43.4 Å². The maximum Gasteiger partial charge on any atom is 0.549 e. The zero-order valence-corrected chi connectivity index (χ0v) is 13.9. The van der Waals surface area contributed by atoms with E-state index in [9.17, 15) is 9.36 Å². The molecule has 0 heterocycles. The largest absolute Gasteiger partial charge is 0.549 e. The molecule has 3 aromatic rings. The molecule has 0 amide bonds. The summed E-state index contributed by atoms with van der Waals surface area (Å²) in [7, 11) is -2.11. The molecule has 0 aliphatic heterocycles. The molecule has 0 spiro atoms.